The predicted molar refractivity (Wildman–Crippen MR) is 165 cm³/mol. The Morgan fingerprint density at radius 3 is 2.50 bits per heavy atom. The molecule has 0 fully saturated rings. The van der Waals surface area contributed by atoms with Gasteiger partial charge in [-0.1, -0.05) is 34.1 Å². The number of hydrogen-bond donors (Lipinski definition) is 3. The number of aliphatic hydroxyl groups is 1. The van der Waals surface area contributed by atoms with Gasteiger partial charge < -0.3 is 24.1 Å². The van der Waals surface area contributed by atoms with Gasteiger partial charge in [0.05, 0.1) is 20.8 Å². The third kappa shape index (κ3) is 7.31. The Hall–Kier alpha value is -3.86. The average molecular weight is 639 g/mol. The number of nitrogens with zero attached hydrogens (tertiary/aromatic N) is 1. The lowest BCUT2D eigenvalue weighted by molar-refractivity contribution is -0.129. The van der Waals surface area contributed by atoms with E-state index in [9.17, 15) is 4.79 Å². The molecule has 0 saturated carbocycles. The summed E-state index contributed by atoms with van der Waals surface area (Å²) in [5, 5.41) is 9.00. The SMILES string of the molecule is C=CC[C@]1(C(=O)NNCCc2cc(OC)ccc2OC)N=C(c2ccc(OCCCO)cc2)O[C@H]1c1ccc(Br)cc1. The Labute approximate surface area is 254 Å². The molecule has 1 amide bonds. The second-order valence-corrected chi connectivity index (χ2v) is 10.6. The highest BCUT2D eigenvalue weighted by molar-refractivity contribution is 9.10. The third-order valence-corrected chi connectivity index (χ3v) is 7.40. The molecule has 0 aliphatic carbocycles. The van der Waals surface area contributed by atoms with Crippen LogP contribution in [0.3, 0.4) is 0 Å². The van der Waals surface area contributed by atoms with Crippen molar-refractivity contribution in [3.8, 4) is 17.2 Å². The molecule has 10 heteroatoms. The van der Waals surface area contributed by atoms with Gasteiger partial charge in [0.25, 0.3) is 5.91 Å². The molecule has 0 spiro atoms. The van der Waals surface area contributed by atoms with Crippen LogP contribution in [-0.2, 0) is 16.0 Å². The second-order valence-electron chi connectivity index (χ2n) is 9.64. The van der Waals surface area contributed by atoms with Gasteiger partial charge in [0.2, 0.25) is 5.90 Å². The molecule has 0 unspecified atom stereocenters. The first-order valence-electron chi connectivity index (χ1n) is 13.6. The third-order valence-electron chi connectivity index (χ3n) is 6.87. The van der Waals surface area contributed by atoms with Gasteiger partial charge in [-0.15, -0.1) is 6.58 Å². The number of aliphatic imine (C=N–C) groups is 1. The van der Waals surface area contributed by atoms with E-state index in [0.29, 0.717) is 43.2 Å². The fraction of sp³-hybridized carbons (Fsp3) is 0.312. The summed E-state index contributed by atoms with van der Waals surface area (Å²) in [5.74, 6) is 2.15. The molecular weight excluding hydrogens is 602 g/mol. The fourth-order valence-corrected chi connectivity index (χ4v) is 4.96. The minimum atomic E-state index is -1.30. The highest BCUT2D eigenvalue weighted by Gasteiger charge is 2.52. The molecule has 0 aromatic heterocycles. The first kappa shape index (κ1) is 31.1. The lowest BCUT2D eigenvalue weighted by Gasteiger charge is -2.29. The Bertz CT molecular complexity index is 1380. The molecule has 42 heavy (non-hydrogen) atoms. The Balaban J connectivity index is 1.56. The lowest BCUT2D eigenvalue weighted by atomic mass is 9.84. The van der Waals surface area contributed by atoms with Crippen molar-refractivity contribution >= 4 is 27.7 Å². The Morgan fingerprint density at radius 2 is 1.83 bits per heavy atom. The van der Waals surface area contributed by atoms with Crippen molar-refractivity contribution in [1.29, 1.82) is 0 Å². The summed E-state index contributed by atoms with van der Waals surface area (Å²) >= 11 is 3.48. The maximum atomic E-state index is 13.9. The number of hydrazine groups is 1. The van der Waals surface area contributed by atoms with Crippen molar-refractivity contribution in [2.75, 3.05) is 34.0 Å². The molecule has 222 valence electrons. The zero-order chi connectivity index (χ0) is 30.0. The number of aliphatic hydroxyl groups excluding tert-OH is 1. The van der Waals surface area contributed by atoms with Crippen molar-refractivity contribution in [1.82, 2.24) is 10.9 Å². The van der Waals surface area contributed by atoms with Crippen LogP contribution in [0.15, 0.2) is 88.9 Å². The highest BCUT2D eigenvalue weighted by atomic mass is 79.9. The monoisotopic (exact) mass is 637 g/mol. The van der Waals surface area contributed by atoms with Gasteiger partial charge in [-0.2, -0.15) is 0 Å². The molecule has 3 N–H and O–H groups in total. The van der Waals surface area contributed by atoms with E-state index in [1.165, 1.54) is 0 Å². The number of rotatable bonds is 15. The van der Waals surface area contributed by atoms with Crippen LogP contribution >= 0.6 is 15.9 Å². The number of amides is 1. The van der Waals surface area contributed by atoms with Gasteiger partial charge in [0.1, 0.15) is 17.2 Å². The van der Waals surface area contributed by atoms with Crippen molar-refractivity contribution in [3.05, 3.63) is 101 Å². The van der Waals surface area contributed by atoms with Crippen LogP contribution in [0.25, 0.3) is 0 Å². The van der Waals surface area contributed by atoms with Gasteiger partial charge in [-0.25, -0.2) is 10.4 Å². The van der Waals surface area contributed by atoms with E-state index >= 15 is 0 Å². The van der Waals surface area contributed by atoms with Crippen LogP contribution in [-0.4, -0.2) is 56.4 Å². The van der Waals surface area contributed by atoms with E-state index in [4.69, 9.17) is 29.0 Å². The molecule has 1 aliphatic rings. The number of halogens is 1. The first-order chi connectivity index (χ1) is 20.4. The molecule has 1 aliphatic heterocycles. The van der Waals surface area contributed by atoms with Crippen LogP contribution in [0.1, 0.15) is 35.6 Å². The number of hydrogen-bond acceptors (Lipinski definition) is 8. The van der Waals surface area contributed by atoms with Gasteiger partial charge in [-0.05, 0) is 72.1 Å². The number of methoxy groups -OCH3 is 2. The number of benzene rings is 3. The summed E-state index contributed by atoms with van der Waals surface area (Å²) < 4.78 is 23.8. The lowest BCUT2D eigenvalue weighted by Crippen LogP contribution is -2.52. The van der Waals surface area contributed by atoms with E-state index < -0.39 is 11.6 Å². The van der Waals surface area contributed by atoms with E-state index in [-0.39, 0.29) is 18.9 Å². The van der Waals surface area contributed by atoms with E-state index in [0.717, 1.165) is 27.1 Å². The molecular formula is C32H36BrN3O6. The van der Waals surface area contributed by atoms with Crippen molar-refractivity contribution in [2.45, 2.75) is 30.9 Å². The van der Waals surface area contributed by atoms with Gasteiger partial charge >= 0.3 is 0 Å². The Morgan fingerprint density at radius 1 is 1.10 bits per heavy atom. The van der Waals surface area contributed by atoms with Crippen LogP contribution in [0, 0.1) is 0 Å². The van der Waals surface area contributed by atoms with E-state index in [1.54, 1.807) is 20.3 Å². The second kappa shape index (κ2) is 14.9. The number of ether oxygens (including phenoxy) is 4. The summed E-state index contributed by atoms with van der Waals surface area (Å²) in [6.07, 6.45) is 2.37. The van der Waals surface area contributed by atoms with E-state index in [1.807, 2.05) is 66.7 Å². The normalized spacial score (nSPS) is 17.6. The van der Waals surface area contributed by atoms with Crippen molar-refractivity contribution < 1.29 is 28.8 Å². The Kier molecular flexibility index (Phi) is 11.0. The average Bonchev–Trinajstić information content (AvgIpc) is 3.40. The van der Waals surface area contributed by atoms with Gasteiger partial charge in [0.15, 0.2) is 11.6 Å². The fourth-order valence-electron chi connectivity index (χ4n) is 4.70. The van der Waals surface area contributed by atoms with Crippen molar-refractivity contribution in [3.63, 3.8) is 0 Å². The molecule has 0 saturated heterocycles. The molecule has 1 heterocycles. The summed E-state index contributed by atoms with van der Waals surface area (Å²) in [6, 6.07) is 20.6. The molecule has 0 bridgehead atoms. The molecule has 3 aromatic carbocycles. The largest absolute Gasteiger partial charge is 0.497 e. The highest BCUT2D eigenvalue weighted by Crippen LogP contribution is 2.43. The zero-order valence-electron chi connectivity index (χ0n) is 23.8. The number of nitrogens with one attached hydrogen (secondary N) is 2. The van der Waals surface area contributed by atoms with Crippen molar-refractivity contribution in [2.24, 2.45) is 4.99 Å². The quantitative estimate of drug-likeness (QED) is 0.123. The molecule has 2 atom stereocenters. The molecule has 9 nitrogen and oxygen atoms in total. The summed E-state index contributed by atoms with van der Waals surface area (Å²) in [6.45, 7) is 4.84. The predicted octanol–water partition coefficient (Wildman–Crippen LogP) is 4.92. The van der Waals surface area contributed by atoms with Crippen LogP contribution in [0.4, 0.5) is 0 Å². The summed E-state index contributed by atoms with van der Waals surface area (Å²) in [7, 11) is 3.24. The number of carbonyl (C=O) groups is 1. The topological polar surface area (TPSA) is 111 Å². The molecule has 3 aromatic rings. The number of carbonyl (C=O) groups excluding carboxylic acids is 1. The van der Waals surface area contributed by atoms with Crippen LogP contribution in [0.5, 0.6) is 17.2 Å². The maximum absolute atomic E-state index is 13.9. The van der Waals surface area contributed by atoms with Crippen LogP contribution < -0.4 is 25.1 Å². The minimum Gasteiger partial charge on any atom is -0.497 e. The zero-order valence-corrected chi connectivity index (χ0v) is 25.4. The van der Waals surface area contributed by atoms with Gasteiger partial charge in [-0.3, -0.25) is 10.2 Å². The van der Waals surface area contributed by atoms with Gasteiger partial charge in [0, 0.05) is 36.0 Å². The molecule has 4 rings (SSSR count). The van der Waals surface area contributed by atoms with E-state index in [2.05, 4.69) is 33.4 Å². The maximum Gasteiger partial charge on any atom is 0.266 e. The van der Waals surface area contributed by atoms with Crippen LogP contribution in [0.2, 0.25) is 0 Å². The minimum absolute atomic E-state index is 0.0671. The molecule has 0 radical (unpaired) electrons. The standard InChI is InChI=1S/C32H36BrN3O6/c1-4-17-32(31(38)36-34-18-16-24-21-27(39-2)14-15-28(24)40-3)29(22-6-10-25(33)11-7-22)42-30(35-32)23-8-12-26(13-9-23)41-20-5-19-37/h4,6-15,21,29,34,37H,1,5,16-20H2,2-3H3,(H,36,38)/t29-,32-/m0/s1. The summed E-state index contributed by atoms with van der Waals surface area (Å²) in [4.78, 5) is 18.8. The smallest absolute Gasteiger partial charge is 0.266 e. The first-order valence-corrected chi connectivity index (χ1v) is 14.4. The summed E-state index contributed by atoms with van der Waals surface area (Å²) in [5.41, 5.74) is 7.07.